The Hall–Kier alpha value is -1.48. The molecule has 0 saturated carbocycles. The molecule has 0 N–H and O–H groups in total. The molecule has 0 fully saturated rings. The lowest BCUT2D eigenvalue weighted by molar-refractivity contribution is -0.202. The lowest BCUT2D eigenvalue weighted by atomic mass is 10.2. The topological polar surface area (TPSA) is 23.4 Å². The summed E-state index contributed by atoms with van der Waals surface area (Å²) in [5, 5.41) is 1.20. The van der Waals surface area contributed by atoms with Crippen molar-refractivity contribution < 1.29 is 9.78 Å². The number of benzene rings is 1. The molecule has 0 unspecified atom stereocenters. The number of aromatic nitrogens is 1. The molecular formula is C12H15NO2. The summed E-state index contributed by atoms with van der Waals surface area (Å²) in [4.78, 5) is 10.0. The molecular weight excluding hydrogens is 190 g/mol. The summed E-state index contributed by atoms with van der Waals surface area (Å²) in [5.41, 5.74) is 2.45. The van der Waals surface area contributed by atoms with E-state index in [4.69, 9.17) is 9.78 Å². The fourth-order valence-corrected chi connectivity index (χ4v) is 1.75. The van der Waals surface area contributed by atoms with Crippen molar-refractivity contribution in [1.29, 1.82) is 0 Å². The second kappa shape index (κ2) is 3.95. The normalized spacial score (nSPS) is 10.9. The van der Waals surface area contributed by atoms with Crippen LogP contribution >= 0.6 is 0 Å². The van der Waals surface area contributed by atoms with Gasteiger partial charge in [0.2, 0.25) is 0 Å². The van der Waals surface area contributed by atoms with E-state index in [1.54, 1.807) is 0 Å². The van der Waals surface area contributed by atoms with Gasteiger partial charge in [0.05, 0.1) is 6.61 Å². The van der Waals surface area contributed by atoms with Crippen molar-refractivity contribution in [3.05, 3.63) is 30.0 Å². The molecule has 0 radical (unpaired) electrons. The molecule has 0 bridgehead atoms. The van der Waals surface area contributed by atoms with Gasteiger partial charge in [0, 0.05) is 24.1 Å². The van der Waals surface area contributed by atoms with Crippen molar-refractivity contribution in [3.8, 4) is 5.75 Å². The first-order valence-electron chi connectivity index (χ1n) is 5.07. The number of hydrogen-bond acceptors (Lipinski definition) is 2. The van der Waals surface area contributed by atoms with Crippen LogP contribution in [0.25, 0.3) is 10.9 Å². The average Bonchev–Trinajstić information content (AvgIpc) is 2.52. The molecule has 0 aliphatic carbocycles. The van der Waals surface area contributed by atoms with Gasteiger partial charge in [0.25, 0.3) is 0 Å². The van der Waals surface area contributed by atoms with Crippen LogP contribution in [0, 0.1) is 6.92 Å². The smallest absolute Gasteiger partial charge is 0.166 e. The summed E-state index contributed by atoms with van der Waals surface area (Å²) < 4.78 is 2.11. The number of rotatable bonds is 3. The fraction of sp³-hybridized carbons (Fsp3) is 0.333. The standard InChI is InChI=1S/C12H15NO2/c1-4-14-15-10-5-6-12-11(7-10)9(2)8-13(12)3/h5-8H,4H2,1-3H3. The maximum Gasteiger partial charge on any atom is 0.166 e. The third-order valence-corrected chi connectivity index (χ3v) is 2.43. The first-order valence-corrected chi connectivity index (χ1v) is 5.07. The van der Waals surface area contributed by atoms with Crippen LogP contribution < -0.4 is 4.89 Å². The number of aryl methyl sites for hydroxylation is 2. The van der Waals surface area contributed by atoms with Crippen molar-refractivity contribution in [2.45, 2.75) is 13.8 Å². The molecule has 3 heteroatoms. The second-order valence-corrected chi connectivity index (χ2v) is 3.59. The molecule has 0 amide bonds. The molecule has 2 rings (SSSR count). The Morgan fingerprint density at radius 3 is 2.87 bits per heavy atom. The summed E-state index contributed by atoms with van der Waals surface area (Å²) in [6.07, 6.45) is 2.11. The molecule has 0 aliphatic rings. The molecule has 0 saturated heterocycles. The zero-order valence-electron chi connectivity index (χ0n) is 9.28. The highest BCUT2D eigenvalue weighted by Crippen LogP contribution is 2.24. The maximum absolute atomic E-state index is 5.12. The predicted molar refractivity (Wildman–Crippen MR) is 59.9 cm³/mol. The van der Waals surface area contributed by atoms with E-state index in [1.165, 1.54) is 16.5 Å². The largest absolute Gasteiger partial charge is 0.350 e. The van der Waals surface area contributed by atoms with Crippen molar-refractivity contribution in [1.82, 2.24) is 4.57 Å². The molecule has 80 valence electrons. The fourth-order valence-electron chi connectivity index (χ4n) is 1.75. The van der Waals surface area contributed by atoms with Gasteiger partial charge in [-0.15, -0.1) is 0 Å². The van der Waals surface area contributed by atoms with Crippen molar-refractivity contribution >= 4 is 10.9 Å². The molecule has 2 aromatic rings. The Labute approximate surface area is 89.1 Å². The van der Waals surface area contributed by atoms with Gasteiger partial charge in [0.1, 0.15) is 0 Å². The third kappa shape index (κ3) is 1.83. The van der Waals surface area contributed by atoms with E-state index in [1.807, 2.05) is 32.2 Å². The average molecular weight is 205 g/mol. The second-order valence-electron chi connectivity index (χ2n) is 3.59. The van der Waals surface area contributed by atoms with Crippen molar-refractivity contribution in [2.75, 3.05) is 6.61 Å². The van der Waals surface area contributed by atoms with Gasteiger partial charge < -0.3 is 9.45 Å². The van der Waals surface area contributed by atoms with E-state index in [0.29, 0.717) is 6.61 Å². The molecule has 0 aliphatic heterocycles. The maximum atomic E-state index is 5.12. The van der Waals surface area contributed by atoms with Crippen LogP contribution in [0.5, 0.6) is 5.75 Å². The zero-order chi connectivity index (χ0) is 10.8. The van der Waals surface area contributed by atoms with Gasteiger partial charge in [-0.1, -0.05) is 0 Å². The summed E-state index contributed by atoms with van der Waals surface area (Å²) in [6, 6.07) is 5.95. The van der Waals surface area contributed by atoms with Crippen molar-refractivity contribution in [3.63, 3.8) is 0 Å². The summed E-state index contributed by atoms with van der Waals surface area (Å²) in [7, 11) is 2.04. The van der Waals surface area contributed by atoms with Crippen LogP contribution in [0.4, 0.5) is 0 Å². The molecule has 15 heavy (non-hydrogen) atoms. The minimum Gasteiger partial charge on any atom is -0.350 e. The Bertz CT molecular complexity index is 474. The van der Waals surface area contributed by atoms with E-state index in [9.17, 15) is 0 Å². The molecule has 1 aromatic carbocycles. The predicted octanol–water partition coefficient (Wildman–Crippen LogP) is 2.82. The SMILES string of the molecule is CCOOc1ccc2c(c1)c(C)cn2C. The van der Waals surface area contributed by atoms with Crippen LogP contribution in [0.2, 0.25) is 0 Å². The van der Waals surface area contributed by atoms with E-state index in [2.05, 4.69) is 17.7 Å². The monoisotopic (exact) mass is 205 g/mol. The van der Waals surface area contributed by atoms with Crippen LogP contribution in [0.3, 0.4) is 0 Å². The third-order valence-electron chi connectivity index (χ3n) is 2.43. The Morgan fingerprint density at radius 1 is 1.33 bits per heavy atom. The number of fused-ring (bicyclic) bond motifs is 1. The minimum absolute atomic E-state index is 0.547. The van der Waals surface area contributed by atoms with Gasteiger partial charge in [-0.2, -0.15) is 4.89 Å². The quantitative estimate of drug-likeness (QED) is 0.568. The zero-order valence-corrected chi connectivity index (χ0v) is 9.28. The Kier molecular flexibility index (Phi) is 2.64. The van der Waals surface area contributed by atoms with E-state index in [-0.39, 0.29) is 0 Å². The van der Waals surface area contributed by atoms with Crippen LogP contribution in [-0.2, 0) is 11.9 Å². The molecule has 1 heterocycles. The Morgan fingerprint density at radius 2 is 2.13 bits per heavy atom. The van der Waals surface area contributed by atoms with Gasteiger partial charge >= 0.3 is 0 Å². The molecule has 1 aromatic heterocycles. The van der Waals surface area contributed by atoms with E-state index < -0.39 is 0 Å². The number of nitrogens with zero attached hydrogens (tertiary/aromatic N) is 1. The number of hydrogen-bond donors (Lipinski definition) is 0. The molecule has 3 nitrogen and oxygen atoms in total. The van der Waals surface area contributed by atoms with E-state index >= 15 is 0 Å². The van der Waals surface area contributed by atoms with Gasteiger partial charge in [-0.3, -0.25) is 0 Å². The summed E-state index contributed by atoms with van der Waals surface area (Å²) in [5.74, 6) is 0.749. The lowest BCUT2D eigenvalue weighted by Crippen LogP contribution is -1.95. The van der Waals surface area contributed by atoms with Crippen molar-refractivity contribution in [2.24, 2.45) is 7.05 Å². The minimum atomic E-state index is 0.547. The first kappa shape index (κ1) is 10.1. The van der Waals surface area contributed by atoms with Gasteiger partial charge in [0.15, 0.2) is 5.75 Å². The van der Waals surface area contributed by atoms with Gasteiger partial charge in [-0.25, -0.2) is 0 Å². The highest BCUT2D eigenvalue weighted by Gasteiger charge is 2.04. The molecule has 0 spiro atoms. The van der Waals surface area contributed by atoms with Gasteiger partial charge in [-0.05, 0) is 37.6 Å². The lowest BCUT2D eigenvalue weighted by Gasteiger charge is -2.03. The highest BCUT2D eigenvalue weighted by atomic mass is 17.2. The van der Waals surface area contributed by atoms with E-state index in [0.717, 1.165) is 5.75 Å². The van der Waals surface area contributed by atoms with Crippen LogP contribution in [-0.4, -0.2) is 11.2 Å². The highest BCUT2D eigenvalue weighted by molar-refractivity contribution is 5.85. The molecule has 0 atom stereocenters. The summed E-state index contributed by atoms with van der Waals surface area (Å²) in [6.45, 7) is 4.53. The van der Waals surface area contributed by atoms with Crippen LogP contribution in [0.15, 0.2) is 24.4 Å². The Balaban J connectivity index is 2.41. The summed E-state index contributed by atoms with van der Waals surface area (Å²) >= 11 is 0. The first-order chi connectivity index (χ1) is 7.22. The van der Waals surface area contributed by atoms with Crippen LogP contribution in [0.1, 0.15) is 12.5 Å².